The predicted octanol–water partition coefficient (Wildman–Crippen LogP) is 6.50. The number of aromatic hydroxyl groups is 2. The zero-order chi connectivity index (χ0) is 69.2. The summed E-state index contributed by atoms with van der Waals surface area (Å²) in [4.78, 5) is 67.6. The maximum Gasteiger partial charge on any atom is 0.306 e. The molecule has 24 atom stereocenters. The van der Waals surface area contributed by atoms with Crippen molar-refractivity contribution >= 4 is 40.2 Å². The maximum absolute atomic E-state index is 15.5. The highest BCUT2D eigenvalue weighted by Crippen LogP contribution is 2.48. The van der Waals surface area contributed by atoms with E-state index in [1.165, 1.54) is 54.0 Å². The first-order valence-corrected chi connectivity index (χ1v) is 33.5. The van der Waals surface area contributed by atoms with Crippen LogP contribution in [0.2, 0.25) is 0 Å². The van der Waals surface area contributed by atoms with Crippen LogP contribution in [-0.2, 0) is 87.2 Å². The number of aliphatic hydroxyl groups excluding tert-OH is 5. The standard InChI is InChI=1S/C68H104O26/c1-15-17-18-19-20-21-22-23-49(72)83-36(7)60(77)63(80)66(82-14)43-26-41-25-42-27-45(90-53-31-48(65(38(9)87-53)88-39(10)69)92-51-28-44(71)64(81-13)37(8)86-51)33(4)57(74)55(42)61(78)56(41)62(79)67(43)93-54-30-47(59(76)35(6)85-54)91-52-29-46(58(75)34(5)84-52)89-50(73)24-32(3)68(12,16-2)94-40(11)70/h25,27,32,34-38,43-44,46-48,50-54,58-60,64-67,71,73-78H,15-24,26,28-31H2,1-14H3/t32-,34?,35?,36+,37?,38?,43-,44?,46?,47?,48?,50-,51-,52-,53-,54-,58+,59+,60-,64-,65-,66-,67-,68?/m0/s1. The van der Waals surface area contributed by atoms with E-state index >= 15 is 4.79 Å². The highest BCUT2D eigenvalue weighted by Gasteiger charge is 2.51. The van der Waals surface area contributed by atoms with Gasteiger partial charge in [-0.1, -0.05) is 59.3 Å². The topological polar surface area (TPSA) is 356 Å². The lowest BCUT2D eigenvalue weighted by atomic mass is 9.75. The van der Waals surface area contributed by atoms with Crippen molar-refractivity contribution in [1.82, 2.24) is 0 Å². The second-order valence-electron chi connectivity index (χ2n) is 26.4. The van der Waals surface area contributed by atoms with E-state index in [2.05, 4.69) is 6.92 Å². The van der Waals surface area contributed by atoms with Gasteiger partial charge in [0.15, 0.2) is 48.9 Å². The number of phenolic OH excluding ortho intramolecular Hbond substituents is 2. The van der Waals surface area contributed by atoms with E-state index in [0.29, 0.717) is 12.8 Å². The Balaban J connectivity index is 1.16. The van der Waals surface area contributed by atoms with Crippen LogP contribution >= 0.6 is 0 Å². The number of Topliss-reactive ketones (excluding diaryl/α,β-unsaturated/α-hetero) is 2. The number of aliphatic hydroxyl groups is 5. The Morgan fingerprint density at radius 1 is 0.713 bits per heavy atom. The van der Waals surface area contributed by atoms with Crippen molar-refractivity contribution in [3.63, 3.8) is 0 Å². The van der Waals surface area contributed by atoms with Crippen molar-refractivity contribution in [3.05, 3.63) is 28.8 Å². The Hall–Kier alpha value is -4.75. The number of ketones is 2. The van der Waals surface area contributed by atoms with Crippen molar-refractivity contribution in [3.8, 4) is 17.2 Å². The predicted molar refractivity (Wildman–Crippen MR) is 334 cm³/mol. The average molecular weight is 1340 g/mol. The summed E-state index contributed by atoms with van der Waals surface area (Å²) in [7, 11) is 2.67. The quantitative estimate of drug-likeness (QED) is 0.0183. The summed E-state index contributed by atoms with van der Waals surface area (Å²) < 4.78 is 84.6. The van der Waals surface area contributed by atoms with Gasteiger partial charge in [-0.3, -0.25) is 24.0 Å². The van der Waals surface area contributed by atoms with Gasteiger partial charge in [-0.25, -0.2) is 0 Å². The first kappa shape index (κ1) is 76.6. The van der Waals surface area contributed by atoms with E-state index in [1.807, 2.05) is 13.8 Å². The summed E-state index contributed by atoms with van der Waals surface area (Å²) in [5, 5.41) is 81.0. The summed E-state index contributed by atoms with van der Waals surface area (Å²) in [5.41, 5.74) is -0.884. The molecule has 2 aromatic carbocycles. The number of fused-ring (bicyclic) bond motifs is 2. The molecule has 4 saturated heterocycles. The first-order valence-electron chi connectivity index (χ1n) is 33.5. The van der Waals surface area contributed by atoms with Crippen LogP contribution in [0.5, 0.6) is 17.2 Å². The van der Waals surface area contributed by atoms with Crippen molar-refractivity contribution in [1.29, 1.82) is 0 Å². The SMILES string of the molecule is CCCCCCCCCC(=O)O[C@H](C)[C@H](O)C(=O)[C@@H](OC)[C@@H]1Cc2cc3cc(O[C@H]4CC(O[C@H]5CC(O)[C@@H](OC)C(C)O5)[C@@H](OC(C)=O)C(C)O4)c(C)c(O)c3c(O)c2C(=O)[C@H]1O[C@H]1CC(O[C@H]2CC(O[C@H](O)C[C@H](C)C(C)(CC)OC(C)=O)[C@H](O)C(C)O2)[C@H](O)C(C)O1. The molecule has 0 radical (unpaired) electrons. The second-order valence-corrected chi connectivity index (χ2v) is 26.4. The molecule has 7 rings (SSSR count). The smallest absolute Gasteiger partial charge is 0.306 e. The molecule has 4 fully saturated rings. The van der Waals surface area contributed by atoms with Gasteiger partial charge in [0.25, 0.3) is 0 Å². The third-order valence-corrected chi connectivity index (χ3v) is 19.3. The molecule has 26 nitrogen and oxygen atoms in total. The third-order valence-electron chi connectivity index (χ3n) is 19.3. The molecule has 2 aromatic rings. The number of benzene rings is 2. The summed E-state index contributed by atoms with van der Waals surface area (Å²) in [6.07, 6.45) is -17.3. The number of ether oxygens (including phenoxy) is 14. The van der Waals surface area contributed by atoms with E-state index in [-0.39, 0.29) is 84.1 Å². The van der Waals surface area contributed by atoms with Crippen molar-refractivity contribution < 1.29 is 126 Å². The Bertz CT molecular complexity index is 2840. The van der Waals surface area contributed by atoms with Crippen LogP contribution in [-0.4, -0.2) is 214 Å². The van der Waals surface area contributed by atoms with E-state index in [4.69, 9.17) is 66.3 Å². The molecule has 4 heterocycles. The molecule has 0 spiro atoms. The van der Waals surface area contributed by atoms with Crippen molar-refractivity contribution in [2.24, 2.45) is 11.8 Å². The summed E-state index contributed by atoms with van der Waals surface area (Å²) in [5.74, 6) is -6.20. The van der Waals surface area contributed by atoms with Gasteiger partial charge in [0, 0.05) is 84.0 Å². The fraction of sp³-hybridized carbons (Fsp3) is 0.779. The molecule has 7 N–H and O–H groups in total. The van der Waals surface area contributed by atoms with Crippen LogP contribution in [0.3, 0.4) is 0 Å². The molecule has 26 heteroatoms. The summed E-state index contributed by atoms with van der Waals surface area (Å²) in [6.45, 7) is 19.6. The van der Waals surface area contributed by atoms with Crippen molar-refractivity contribution in [2.75, 3.05) is 14.2 Å². The number of rotatable bonds is 31. The monoisotopic (exact) mass is 1340 g/mol. The van der Waals surface area contributed by atoms with E-state index in [1.54, 1.807) is 34.6 Å². The van der Waals surface area contributed by atoms with Crippen LogP contribution in [0.25, 0.3) is 10.8 Å². The van der Waals surface area contributed by atoms with Crippen molar-refractivity contribution in [2.45, 2.75) is 314 Å². The lowest BCUT2D eigenvalue weighted by Crippen LogP contribution is -2.56. The number of hydrogen-bond acceptors (Lipinski definition) is 26. The number of unbranched alkanes of at least 4 members (excludes halogenated alkanes) is 6. The number of hydrogen-bond donors (Lipinski definition) is 7. The van der Waals surface area contributed by atoms with E-state index in [0.717, 1.165) is 38.5 Å². The molecule has 5 aliphatic rings. The summed E-state index contributed by atoms with van der Waals surface area (Å²) >= 11 is 0. The van der Waals surface area contributed by atoms with Gasteiger partial charge in [-0.15, -0.1) is 0 Å². The lowest BCUT2D eigenvalue weighted by Gasteiger charge is -2.44. The number of carbonyl (C=O) groups excluding carboxylic acids is 5. The Kier molecular flexibility index (Phi) is 27.8. The summed E-state index contributed by atoms with van der Waals surface area (Å²) in [6, 6.07) is 3.07. The Labute approximate surface area is 550 Å². The number of esters is 3. The minimum Gasteiger partial charge on any atom is -0.507 e. The van der Waals surface area contributed by atoms with Gasteiger partial charge >= 0.3 is 17.9 Å². The third kappa shape index (κ3) is 18.7. The number of phenols is 2. The lowest BCUT2D eigenvalue weighted by molar-refractivity contribution is -0.320. The van der Waals surface area contributed by atoms with Crippen LogP contribution < -0.4 is 4.74 Å². The molecule has 94 heavy (non-hydrogen) atoms. The zero-order valence-electron chi connectivity index (χ0n) is 56.9. The van der Waals surface area contributed by atoms with Gasteiger partial charge in [0.05, 0.1) is 53.7 Å². The molecular formula is C68H104O26. The minimum absolute atomic E-state index is 0.0329. The molecule has 1 aliphatic carbocycles. The number of methoxy groups -OCH3 is 2. The first-order chi connectivity index (χ1) is 44.4. The average Bonchev–Trinajstić information content (AvgIpc) is 0.734. The van der Waals surface area contributed by atoms with Crippen LogP contribution in [0.15, 0.2) is 12.1 Å². The van der Waals surface area contributed by atoms with Crippen LogP contribution in [0.1, 0.15) is 188 Å². The van der Waals surface area contributed by atoms with Gasteiger partial charge < -0.3 is 102 Å². The second kappa shape index (κ2) is 34.2. The fourth-order valence-corrected chi connectivity index (χ4v) is 13.6. The van der Waals surface area contributed by atoms with Gasteiger partial charge in [0.2, 0.25) is 6.29 Å². The fourth-order valence-electron chi connectivity index (χ4n) is 13.6. The Morgan fingerprint density at radius 3 is 1.90 bits per heavy atom. The molecular weight excluding hydrogens is 1230 g/mol. The van der Waals surface area contributed by atoms with Gasteiger partial charge in [-0.05, 0) is 90.8 Å². The van der Waals surface area contributed by atoms with E-state index in [9.17, 15) is 54.9 Å². The highest BCUT2D eigenvalue weighted by molar-refractivity contribution is 6.11. The van der Waals surface area contributed by atoms with E-state index < -0.39 is 182 Å². The molecule has 4 aliphatic heterocycles. The number of carbonyl (C=O) groups is 5. The molecule has 9 unspecified atom stereocenters. The largest absolute Gasteiger partial charge is 0.507 e. The molecule has 0 aromatic heterocycles. The minimum atomic E-state index is -1.96. The highest BCUT2D eigenvalue weighted by atomic mass is 16.7. The molecule has 0 bridgehead atoms. The van der Waals surface area contributed by atoms with Gasteiger partial charge in [-0.2, -0.15) is 0 Å². The molecule has 0 saturated carbocycles. The van der Waals surface area contributed by atoms with Gasteiger partial charge in [0.1, 0.15) is 65.6 Å². The van der Waals surface area contributed by atoms with Crippen LogP contribution in [0.4, 0.5) is 0 Å². The maximum atomic E-state index is 15.5. The molecule has 532 valence electrons. The van der Waals surface area contributed by atoms with Crippen LogP contribution in [0, 0.1) is 18.8 Å². The molecule has 0 amide bonds. The zero-order valence-corrected chi connectivity index (χ0v) is 56.9. The Morgan fingerprint density at radius 2 is 1.29 bits per heavy atom. The normalized spacial score (nSPS) is 32.9.